The van der Waals surface area contributed by atoms with E-state index in [1.54, 1.807) is 11.8 Å². The minimum absolute atomic E-state index is 0.106. The van der Waals surface area contributed by atoms with Crippen molar-refractivity contribution >= 4 is 45.5 Å². The molecule has 0 bridgehead atoms. The molecule has 1 aliphatic heterocycles. The highest BCUT2D eigenvalue weighted by molar-refractivity contribution is 9.10. The summed E-state index contributed by atoms with van der Waals surface area (Å²) in [5.41, 5.74) is 3.56. The second-order valence-corrected chi connectivity index (χ2v) is 9.91. The van der Waals surface area contributed by atoms with Gasteiger partial charge in [0, 0.05) is 38.1 Å². The van der Waals surface area contributed by atoms with Gasteiger partial charge in [-0.2, -0.15) is 0 Å². The van der Waals surface area contributed by atoms with Crippen LogP contribution >= 0.6 is 27.7 Å². The van der Waals surface area contributed by atoms with Gasteiger partial charge < -0.3 is 5.32 Å². The molecule has 0 unspecified atom stereocenters. The van der Waals surface area contributed by atoms with Crippen molar-refractivity contribution in [2.45, 2.75) is 68.7 Å². The van der Waals surface area contributed by atoms with Crippen molar-refractivity contribution in [1.82, 2.24) is 5.32 Å². The number of carbonyl (C=O) groups is 1. The lowest BCUT2D eigenvalue weighted by atomic mass is 10.0. The zero-order valence-corrected chi connectivity index (χ0v) is 22.4. The normalized spacial score (nSPS) is 13.6. The van der Waals surface area contributed by atoms with E-state index in [4.69, 9.17) is 0 Å². The van der Waals surface area contributed by atoms with Crippen LogP contribution in [0.2, 0.25) is 0 Å². The monoisotopic (exact) mass is 536 g/mol. The predicted molar refractivity (Wildman–Crippen MR) is 149 cm³/mol. The van der Waals surface area contributed by atoms with Gasteiger partial charge in [-0.15, -0.1) is 0 Å². The molecule has 1 fully saturated rings. The molecule has 1 saturated carbocycles. The maximum atomic E-state index is 12.5. The molecule has 0 atom stereocenters. The fraction of sp³-hybridized carbons (Fsp3) is 0.310. The zero-order valence-electron chi connectivity index (χ0n) is 20.0. The molecule has 5 heteroatoms. The van der Waals surface area contributed by atoms with Crippen LogP contribution in [0.5, 0.6) is 0 Å². The number of halogens is 1. The second kappa shape index (κ2) is 14.1. The first-order valence-electron chi connectivity index (χ1n) is 12.2. The fourth-order valence-corrected chi connectivity index (χ4v) is 5.16. The lowest BCUT2D eigenvalue weighted by Crippen LogP contribution is -2.22. The van der Waals surface area contributed by atoms with Gasteiger partial charge >= 0.3 is 0 Å². The Morgan fingerprint density at radius 3 is 2.24 bits per heavy atom. The molecule has 5 rings (SSSR count). The summed E-state index contributed by atoms with van der Waals surface area (Å²) in [7, 11) is 0. The van der Waals surface area contributed by atoms with Crippen LogP contribution in [0.25, 0.3) is 0 Å². The molecular formula is C29H33BrN2OS. The highest BCUT2D eigenvalue weighted by Gasteiger charge is 2.14. The predicted octanol–water partition coefficient (Wildman–Crippen LogP) is 8.96. The second-order valence-electron chi connectivity index (χ2n) is 7.98. The third-order valence-electron chi connectivity index (χ3n) is 5.60. The molecule has 2 aliphatic rings. The van der Waals surface area contributed by atoms with Gasteiger partial charge in [-0.05, 0) is 35.9 Å². The number of nitrogens with one attached hydrogen (secondary N) is 1. The van der Waals surface area contributed by atoms with Gasteiger partial charge in [0.15, 0.2) is 0 Å². The fourth-order valence-electron chi connectivity index (χ4n) is 3.76. The lowest BCUT2D eigenvalue weighted by molar-refractivity contribution is 0.0951. The highest BCUT2D eigenvalue weighted by Crippen LogP contribution is 2.39. The average molecular weight is 538 g/mol. The van der Waals surface area contributed by atoms with Gasteiger partial charge in [0.05, 0.1) is 5.69 Å². The number of benzene rings is 3. The lowest BCUT2D eigenvalue weighted by Gasteiger charge is -2.09. The molecule has 1 heterocycles. The molecule has 0 aromatic heterocycles. The van der Waals surface area contributed by atoms with Crippen LogP contribution < -0.4 is 5.32 Å². The van der Waals surface area contributed by atoms with Crippen molar-refractivity contribution in [1.29, 1.82) is 0 Å². The van der Waals surface area contributed by atoms with Crippen LogP contribution in [0.1, 0.15) is 73.9 Å². The molecule has 0 saturated heterocycles. The molecule has 1 amide bonds. The van der Waals surface area contributed by atoms with Crippen LogP contribution in [0, 0.1) is 0 Å². The maximum absolute atomic E-state index is 12.5. The Hall–Kier alpha value is -2.37. The Morgan fingerprint density at radius 1 is 0.882 bits per heavy atom. The molecule has 3 aromatic carbocycles. The molecule has 3 aromatic rings. The maximum Gasteiger partial charge on any atom is 0.251 e. The Morgan fingerprint density at radius 2 is 1.53 bits per heavy atom. The van der Waals surface area contributed by atoms with Crippen LogP contribution in [0.3, 0.4) is 0 Å². The molecule has 0 spiro atoms. The Kier molecular flexibility index (Phi) is 10.9. The molecule has 1 aliphatic carbocycles. The van der Waals surface area contributed by atoms with E-state index >= 15 is 0 Å². The number of nitrogens with zero attached hydrogens (tertiary/aromatic N) is 1. The Balaban J connectivity index is 0.000000348. The Bertz CT molecular complexity index is 1100. The largest absolute Gasteiger partial charge is 0.348 e. The van der Waals surface area contributed by atoms with E-state index in [0.717, 1.165) is 26.2 Å². The van der Waals surface area contributed by atoms with Crippen molar-refractivity contribution in [2.75, 3.05) is 0 Å². The summed E-state index contributed by atoms with van der Waals surface area (Å²) < 4.78 is 0.987. The molecular weight excluding hydrogens is 504 g/mol. The van der Waals surface area contributed by atoms with E-state index in [9.17, 15) is 4.79 Å². The summed E-state index contributed by atoms with van der Waals surface area (Å²) >= 11 is 5.17. The standard InChI is InChI=1S/C21H15BrN2OS.C6H12.C2H6/c22-17-7-3-1-5-15(17)12-24-21(25)14-9-10-20-18(11-14)23-13-16-6-2-4-8-19(16)26-20;1-2-4-6-5-3-1;1-2/h1-11,13H,12H2,(H,24,25);1-6H2;1-2H3. The summed E-state index contributed by atoms with van der Waals surface area (Å²) in [6.45, 7) is 4.47. The number of aliphatic imine (C=N–C) groups is 1. The van der Waals surface area contributed by atoms with E-state index in [2.05, 4.69) is 32.3 Å². The first kappa shape index (κ1) is 26.2. The first-order chi connectivity index (χ1) is 16.7. The first-order valence-corrected chi connectivity index (χ1v) is 13.8. The van der Waals surface area contributed by atoms with Gasteiger partial charge in [-0.3, -0.25) is 9.79 Å². The summed E-state index contributed by atoms with van der Waals surface area (Å²) in [4.78, 5) is 19.3. The van der Waals surface area contributed by atoms with Crippen LogP contribution in [0.15, 0.2) is 86.0 Å². The molecule has 0 radical (unpaired) electrons. The smallest absolute Gasteiger partial charge is 0.251 e. The average Bonchev–Trinajstić information content (AvgIpc) is 3.09. The molecule has 3 nitrogen and oxygen atoms in total. The van der Waals surface area contributed by atoms with Crippen molar-refractivity contribution in [3.05, 3.63) is 87.9 Å². The minimum Gasteiger partial charge on any atom is -0.348 e. The number of hydrogen-bond acceptors (Lipinski definition) is 3. The van der Waals surface area contributed by atoms with E-state index in [1.807, 2.05) is 80.7 Å². The number of rotatable bonds is 3. The molecule has 34 heavy (non-hydrogen) atoms. The van der Waals surface area contributed by atoms with Crippen molar-refractivity contribution in [3.8, 4) is 0 Å². The number of carbonyl (C=O) groups excluding carboxylic acids is 1. The highest BCUT2D eigenvalue weighted by atomic mass is 79.9. The number of amides is 1. The SMILES string of the molecule is C1CCCCC1.CC.O=C(NCc1ccccc1Br)c1ccc2c(c1)N=Cc1ccccc1S2. The van der Waals surface area contributed by atoms with Crippen molar-refractivity contribution in [2.24, 2.45) is 4.99 Å². The summed E-state index contributed by atoms with van der Waals surface area (Å²) in [6.07, 6.45) is 10.9. The summed E-state index contributed by atoms with van der Waals surface area (Å²) in [5, 5.41) is 2.97. The topological polar surface area (TPSA) is 41.5 Å². The molecule has 178 valence electrons. The minimum atomic E-state index is -0.106. The molecule has 1 N–H and O–H groups in total. The van der Waals surface area contributed by atoms with E-state index in [1.165, 1.54) is 43.4 Å². The van der Waals surface area contributed by atoms with Gasteiger partial charge in [0.1, 0.15) is 0 Å². The third-order valence-corrected chi connectivity index (χ3v) is 7.53. The zero-order chi connectivity index (χ0) is 24.2. The van der Waals surface area contributed by atoms with Gasteiger partial charge in [-0.1, -0.05) is 116 Å². The van der Waals surface area contributed by atoms with Gasteiger partial charge in [0.25, 0.3) is 5.91 Å². The van der Waals surface area contributed by atoms with E-state index in [-0.39, 0.29) is 5.91 Å². The summed E-state index contributed by atoms with van der Waals surface area (Å²) in [5.74, 6) is -0.106. The quantitative estimate of drug-likeness (QED) is 0.283. The van der Waals surface area contributed by atoms with Crippen molar-refractivity contribution < 1.29 is 4.79 Å². The van der Waals surface area contributed by atoms with E-state index in [0.29, 0.717) is 12.1 Å². The van der Waals surface area contributed by atoms with Gasteiger partial charge in [-0.25, -0.2) is 0 Å². The third kappa shape index (κ3) is 7.57. The van der Waals surface area contributed by atoms with Gasteiger partial charge in [0.2, 0.25) is 0 Å². The van der Waals surface area contributed by atoms with Crippen LogP contribution in [-0.4, -0.2) is 12.1 Å². The van der Waals surface area contributed by atoms with Crippen molar-refractivity contribution in [3.63, 3.8) is 0 Å². The van der Waals surface area contributed by atoms with Crippen LogP contribution in [0.4, 0.5) is 5.69 Å². The Labute approximate surface area is 216 Å². The number of fused-ring (bicyclic) bond motifs is 2. The van der Waals surface area contributed by atoms with E-state index < -0.39 is 0 Å². The number of hydrogen-bond donors (Lipinski definition) is 1. The van der Waals surface area contributed by atoms with Crippen LogP contribution in [-0.2, 0) is 6.54 Å². The summed E-state index contributed by atoms with van der Waals surface area (Å²) in [6, 6.07) is 21.7.